The number of nitrogens with two attached hydrogens (primary N) is 1. The van der Waals surface area contributed by atoms with E-state index in [-0.39, 0.29) is 30.6 Å². The van der Waals surface area contributed by atoms with Crippen molar-refractivity contribution in [1.82, 2.24) is 9.80 Å². The Kier molecular flexibility index (Phi) is 3.48. The van der Waals surface area contributed by atoms with Crippen LogP contribution in [0.5, 0.6) is 0 Å². The van der Waals surface area contributed by atoms with Gasteiger partial charge in [0, 0.05) is 20.1 Å². The summed E-state index contributed by atoms with van der Waals surface area (Å²) in [5.41, 5.74) is 5.20. The molecule has 2 amide bonds. The first-order chi connectivity index (χ1) is 7.04. The summed E-state index contributed by atoms with van der Waals surface area (Å²) in [6.07, 6.45) is -0.159. The highest BCUT2D eigenvalue weighted by Crippen LogP contribution is 2.03. The first-order valence-electron chi connectivity index (χ1n) is 4.52. The molecule has 0 aliphatic carbocycles. The van der Waals surface area contributed by atoms with E-state index in [0.717, 1.165) is 0 Å². The van der Waals surface area contributed by atoms with Gasteiger partial charge in [0.15, 0.2) is 0 Å². The lowest BCUT2D eigenvalue weighted by Crippen LogP contribution is -2.51. The van der Waals surface area contributed by atoms with E-state index >= 15 is 0 Å². The van der Waals surface area contributed by atoms with Crippen LogP contribution in [0.25, 0.3) is 0 Å². The molecule has 1 heterocycles. The zero-order valence-electron chi connectivity index (χ0n) is 8.51. The number of amides is 2. The summed E-state index contributed by atoms with van der Waals surface area (Å²) in [4.78, 5) is 25.8. The van der Waals surface area contributed by atoms with Crippen molar-refractivity contribution in [1.29, 1.82) is 0 Å². The third kappa shape index (κ3) is 2.83. The van der Waals surface area contributed by atoms with E-state index < -0.39 is 0 Å². The molecule has 3 N–H and O–H groups in total. The van der Waals surface area contributed by atoms with Crippen LogP contribution in [0, 0.1) is 0 Å². The molecule has 15 heavy (non-hydrogen) atoms. The van der Waals surface area contributed by atoms with Crippen LogP contribution in [0.1, 0.15) is 6.42 Å². The number of nitrogens with zero attached hydrogens (tertiary/aromatic N) is 3. The van der Waals surface area contributed by atoms with Gasteiger partial charge in [0.05, 0.1) is 13.0 Å². The number of carbonyl (C=O) groups is 2. The summed E-state index contributed by atoms with van der Waals surface area (Å²) in [7, 11) is 1.69. The average molecular weight is 214 g/mol. The quantitative estimate of drug-likeness (QED) is 0.251. The van der Waals surface area contributed by atoms with Gasteiger partial charge in [0.1, 0.15) is 5.84 Å². The second-order valence-corrected chi connectivity index (χ2v) is 3.40. The predicted octanol–water partition coefficient (Wildman–Crippen LogP) is -1.58. The molecule has 0 saturated carbocycles. The topological polar surface area (TPSA) is 99.2 Å². The summed E-state index contributed by atoms with van der Waals surface area (Å²) in [5, 5.41) is 11.0. The zero-order valence-corrected chi connectivity index (χ0v) is 8.51. The molecule has 0 aromatic heterocycles. The van der Waals surface area contributed by atoms with Crippen LogP contribution in [-0.4, -0.2) is 59.3 Å². The van der Waals surface area contributed by atoms with Gasteiger partial charge in [0.2, 0.25) is 11.8 Å². The summed E-state index contributed by atoms with van der Waals surface area (Å²) in [6, 6.07) is 0. The van der Waals surface area contributed by atoms with Crippen LogP contribution in [0.3, 0.4) is 0 Å². The number of hydrogen-bond donors (Lipinski definition) is 2. The van der Waals surface area contributed by atoms with Crippen molar-refractivity contribution in [3.05, 3.63) is 0 Å². The van der Waals surface area contributed by atoms with Crippen molar-refractivity contribution in [2.75, 3.05) is 26.7 Å². The largest absolute Gasteiger partial charge is 0.409 e. The predicted molar refractivity (Wildman–Crippen MR) is 52.2 cm³/mol. The van der Waals surface area contributed by atoms with Crippen molar-refractivity contribution in [2.24, 2.45) is 10.9 Å². The minimum Gasteiger partial charge on any atom is -0.409 e. The SMILES string of the molecule is CN1CCN(C(=O)CC(N)=NO)CC1=O. The van der Waals surface area contributed by atoms with E-state index in [1.54, 1.807) is 11.9 Å². The van der Waals surface area contributed by atoms with Gasteiger partial charge in [-0.15, -0.1) is 0 Å². The zero-order chi connectivity index (χ0) is 11.4. The highest BCUT2D eigenvalue weighted by molar-refractivity contribution is 6.00. The smallest absolute Gasteiger partial charge is 0.241 e. The molecule has 7 heteroatoms. The molecule has 0 aromatic rings. The molecule has 0 bridgehead atoms. The fourth-order valence-corrected chi connectivity index (χ4v) is 1.27. The molecule has 1 saturated heterocycles. The van der Waals surface area contributed by atoms with E-state index in [9.17, 15) is 9.59 Å². The molecular formula is C8H14N4O3. The Bertz CT molecular complexity index is 302. The average Bonchev–Trinajstić information content (AvgIpc) is 2.21. The van der Waals surface area contributed by atoms with Crippen molar-refractivity contribution in [3.8, 4) is 0 Å². The number of rotatable bonds is 2. The number of hydrogen-bond acceptors (Lipinski definition) is 4. The molecular weight excluding hydrogens is 200 g/mol. The highest BCUT2D eigenvalue weighted by Gasteiger charge is 2.24. The molecule has 1 aliphatic heterocycles. The number of piperazine rings is 1. The van der Waals surface area contributed by atoms with E-state index in [1.165, 1.54) is 4.90 Å². The Morgan fingerprint density at radius 3 is 2.80 bits per heavy atom. The molecule has 1 fully saturated rings. The van der Waals surface area contributed by atoms with Crippen molar-refractivity contribution >= 4 is 17.6 Å². The molecule has 7 nitrogen and oxygen atoms in total. The number of oxime groups is 1. The van der Waals surface area contributed by atoms with Gasteiger partial charge in [-0.25, -0.2) is 0 Å². The maximum atomic E-state index is 11.5. The van der Waals surface area contributed by atoms with Gasteiger partial charge in [-0.2, -0.15) is 0 Å². The summed E-state index contributed by atoms with van der Waals surface area (Å²) in [5.74, 6) is -0.549. The Morgan fingerprint density at radius 1 is 1.60 bits per heavy atom. The van der Waals surface area contributed by atoms with Gasteiger partial charge in [-0.05, 0) is 0 Å². The molecule has 1 aliphatic rings. The standard InChI is InChI=1S/C8H14N4O3/c1-11-2-3-12(5-8(11)14)7(13)4-6(9)10-15/h15H,2-5H2,1H3,(H2,9,10). The second-order valence-electron chi connectivity index (χ2n) is 3.40. The summed E-state index contributed by atoms with van der Waals surface area (Å²) < 4.78 is 0. The Labute approximate surface area is 87.1 Å². The van der Waals surface area contributed by atoms with E-state index in [0.29, 0.717) is 13.1 Å². The second kappa shape index (κ2) is 4.63. The van der Waals surface area contributed by atoms with Crippen molar-refractivity contribution in [3.63, 3.8) is 0 Å². The van der Waals surface area contributed by atoms with E-state index in [4.69, 9.17) is 10.9 Å². The molecule has 1 rings (SSSR count). The van der Waals surface area contributed by atoms with Crippen molar-refractivity contribution in [2.45, 2.75) is 6.42 Å². The Balaban J connectivity index is 2.51. The van der Waals surface area contributed by atoms with E-state index in [1.807, 2.05) is 0 Å². The maximum Gasteiger partial charge on any atom is 0.241 e. The summed E-state index contributed by atoms with van der Waals surface area (Å²) in [6.45, 7) is 1.06. The third-order valence-electron chi connectivity index (χ3n) is 2.27. The molecule has 0 unspecified atom stereocenters. The lowest BCUT2D eigenvalue weighted by molar-refractivity contribution is -0.143. The van der Waals surface area contributed by atoms with Gasteiger partial charge in [-0.1, -0.05) is 5.16 Å². The van der Waals surface area contributed by atoms with Gasteiger partial charge in [0.25, 0.3) is 0 Å². The molecule has 84 valence electrons. The summed E-state index contributed by atoms with van der Waals surface area (Å²) >= 11 is 0. The Hall–Kier alpha value is -1.79. The third-order valence-corrected chi connectivity index (χ3v) is 2.27. The fourth-order valence-electron chi connectivity index (χ4n) is 1.27. The molecule has 0 aromatic carbocycles. The number of likely N-dealkylation sites (N-methyl/N-ethyl adjacent to an activating group) is 1. The van der Waals surface area contributed by atoms with Gasteiger partial charge >= 0.3 is 0 Å². The monoisotopic (exact) mass is 214 g/mol. The molecule has 0 spiro atoms. The van der Waals surface area contributed by atoms with Crippen LogP contribution in [0.2, 0.25) is 0 Å². The number of carbonyl (C=O) groups excluding carboxylic acids is 2. The van der Waals surface area contributed by atoms with Gasteiger partial charge < -0.3 is 20.7 Å². The lowest BCUT2D eigenvalue weighted by atomic mass is 10.2. The molecule has 0 atom stereocenters. The first-order valence-corrected chi connectivity index (χ1v) is 4.52. The minimum absolute atomic E-state index is 0.0635. The van der Waals surface area contributed by atoms with Crippen LogP contribution >= 0.6 is 0 Å². The van der Waals surface area contributed by atoms with Crippen LogP contribution in [0.15, 0.2) is 5.16 Å². The van der Waals surface area contributed by atoms with Crippen molar-refractivity contribution < 1.29 is 14.8 Å². The lowest BCUT2D eigenvalue weighted by Gasteiger charge is -2.31. The van der Waals surface area contributed by atoms with Crippen LogP contribution in [-0.2, 0) is 9.59 Å². The maximum absolute atomic E-state index is 11.5. The number of amidine groups is 1. The normalized spacial score (nSPS) is 18.2. The molecule has 0 radical (unpaired) electrons. The first kappa shape index (κ1) is 11.3. The van der Waals surface area contributed by atoms with Crippen LogP contribution in [0.4, 0.5) is 0 Å². The minimum atomic E-state index is -0.299. The Morgan fingerprint density at radius 2 is 2.27 bits per heavy atom. The fraction of sp³-hybridized carbons (Fsp3) is 0.625. The van der Waals surface area contributed by atoms with E-state index in [2.05, 4.69) is 5.16 Å². The van der Waals surface area contributed by atoms with Crippen LogP contribution < -0.4 is 5.73 Å². The van der Waals surface area contributed by atoms with Gasteiger partial charge in [-0.3, -0.25) is 9.59 Å². The highest BCUT2D eigenvalue weighted by atomic mass is 16.4.